The smallest absolute Gasteiger partial charge is 0.191 e. The van der Waals surface area contributed by atoms with Gasteiger partial charge < -0.3 is 15.5 Å². The zero-order chi connectivity index (χ0) is 14.6. The van der Waals surface area contributed by atoms with Crippen LogP contribution >= 0.6 is 35.7 Å². The van der Waals surface area contributed by atoms with E-state index in [-0.39, 0.29) is 24.0 Å². The van der Waals surface area contributed by atoms with Crippen LogP contribution in [0.2, 0.25) is 0 Å². The van der Waals surface area contributed by atoms with Crippen LogP contribution in [0.3, 0.4) is 0 Å². The maximum absolute atomic E-state index is 4.65. The average molecular weight is 428 g/mol. The second-order valence-corrected chi connectivity index (χ2v) is 6.40. The van der Waals surface area contributed by atoms with Crippen molar-refractivity contribution >= 4 is 41.7 Å². The predicted octanol–water partition coefficient (Wildman–Crippen LogP) is 2.79. The van der Waals surface area contributed by atoms with Crippen molar-refractivity contribution in [1.29, 1.82) is 0 Å². The maximum atomic E-state index is 4.65. The van der Waals surface area contributed by atoms with Gasteiger partial charge in [-0.25, -0.2) is 0 Å². The first-order valence-corrected chi connectivity index (χ1v) is 9.42. The van der Waals surface area contributed by atoms with Crippen molar-refractivity contribution in [3.63, 3.8) is 0 Å². The molecule has 0 radical (unpaired) electrons. The van der Waals surface area contributed by atoms with Gasteiger partial charge in [-0.2, -0.15) is 11.8 Å². The molecule has 4 nitrogen and oxygen atoms in total. The van der Waals surface area contributed by atoms with Crippen molar-refractivity contribution in [2.45, 2.75) is 45.6 Å². The minimum Gasteiger partial charge on any atom is -0.357 e. The first-order valence-electron chi connectivity index (χ1n) is 8.03. The van der Waals surface area contributed by atoms with E-state index in [1.807, 2.05) is 11.8 Å². The van der Waals surface area contributed by atoms with Gasteiger partial charge in [-0.3, -0.25) is 4.99 Å². The molecule has 21 heavy (non-hydrogen) atoms. The molecule has 1 rings (SSSR count). The van der Waals surface area contributed by atoms with Gasteiger partial charge in [0.2, 0.25) is 0 Å². The Morgan fingerprint density at radius 1 is 1.33 bits per heavy atom. The van der Waals surface area contributed by atoms with E-state index in [0.717, 1.165) is 43.8 Å². The lowest BCUT2D eigenvalue weighted by molar-refractivity contribution is 0.160. The van der Waals surface area contributed by atoms with Gasteiger partial charge >= 0.3 is 0 Å². The number of halogens is 1. The number of likely N-dealkylation sites (tertiary alicyclic amines) is 1. The van der Waals surface area contributed by atoms with Crippen LogP contribution in [-0.2, 0) is 0 Å². The summed E-state index contributed by atoms with van der Waals surface area (Å²) in [6.45, 7) is 9.76. The zero-order valence-corrected chi connectivity index (χ0v) is 17.0. The molecule has 1 unspecified atom stereocenters. The lowest BCUT2D eigenvalue weighted by atomic mass is 10.0. The van der Waals surface area contributed by atoms with E-state index < -0.39 is 0 Å². The molecule has 1 fully saturated rings. The van der Waals surface area contributed by atoms with Crippen LogP contribution in [0.15, 0.2) is 4.99 Å². The molecule has 0 aromatic heterocycles. The second kappa shape index (κ2) is 13.9. The standard InChI is InChI=1S/C15H32N4S.HI/c1-4-16-15(18-10-13-20-3)17-9-7-12-19-11-6-5-8-14(19)2;/h14H,4-13H2,1-3H3,(H2,16,17,18);1H. The van der Waals surface area contributed by atoms with Crippen LogP contribution in [0.25, 0.3) is 0 Å². The SMILES string of the molecule is CCNC(=NCCCN1CCCCC1C)NCCSC.I. The van der Waals surface area contributed by atoms with Crippen LogP contribution in [0.4, 0.5) is 0 Å². The fraction of sp³-hybridized carbons (Fsp3) is 0.933. The molecule has 1 aliphatic rings. The van der Waals surface area contributed by atoms with Crippen molar-refractivity contribution in [2.75, 3.05) is 44.7 Å². The van der Waals surface area contributed by atoms with Crippen molar-refractivity contribution in [3.8, 4) is 0 Å². The van der Waals surface area contributed by atoms with Crippen molar-refractivity contribution in [1.82, 2.24) is 15.5 Å². The van der Waals surface area contributed by atoms with Crippen molar-refractivity contribution < 1.29 is 0 Å². The Kier molecular flexibility index (Phi) is 14.1. The molecule has 1 saturated heterocycles. The van der Waals surface area contributed by atoms with Crippen molar-refractivity contribution in [3.05, 3.63) is 0 Å². The van der Waals surface area contributed by atoms with Gasteiger partial charge in [-0.1, -0.05) is 6.42 Å². The number of hydrogen-bond acceptors (Lipinski definition) is 3. The van der Waals surface area contributed by atoms with Gasteiger partial charge in [-0.15, -0.1) is 24.0 Å². The first-order chi connectivity index (χ1) is 9.77. The van der Waals surface area contributed by atoms with E-state index >= 15 is 0 Å². The molecule has 0 aliphatic carbocycles. The summed E-state index contributed by atoms with van der Waals surface area (Å²) < 4.78 is 0. The summed E-state index contributed by atoms with van der Waals surface area (Å²) in [7, 11) is 0. The molecule has 0 saturated carbocycles. The number of thioether (sulfide) groups is 1. The molecular formula is C15H33IN4S. The van der Waals surface area contributed by atoms with E-state index in [0.29, 0.717) is 0 Å². The third kappa shape index (κ3) is 9.84. The fourth-order valence-electron chi connectivity index (χ4n) is 2.57. The Labute approximate surface area is 152 Å². The van der Waals surface area contributed by atoms with Crippen LogP contribution in [0.5, 0.6) is 0 Å². The molecule has 0 aromatic carbocycles. The molecule has 0 spiro atoms. The zero-order valence-electron chi connectivity index (χ0n) is 13.9. The van der Waals surface area contributed by atoms with Crippen LogP contribution < -0.4 is 10.6 Å². The van der Waals surface area contributed by atoms with Gasteiger partial charge in [0.1, 0.15) is 0 Å². The summed E-state index contributed by atoms with van der Waals surface area (Å²) in [5.74, 6) is 2.09. The first kappa shape index (κ1) is 21.3. The topological polar surface area (TPSA) is 39.7 Å². The molecule has 0 bridgehead atoms. The molecule has 6 heteroatoms. The largest absolute Gasteiger partial charge is 0.357 e. The summed E-state index contributed by atoms with van der Waals surface area (Å²) in [6.07, 6.45) is 7.42. The Balaban J connectivity index is 0.00000400. The number of hydrogen-bond donors (Lipinski definition) is 2. The highest BCUT2D eigenvalue weighted by Gasteiger charge is 2.16. The van der Waals surface area contributed by atoms with Crippen LogP contribution in [0.1, 0.15) is 39.5 Å². The summed E-state index contributed by atoms with van der Waals surface area (Å²) in [6, 6.07) is 0.765. The molecule has 0 aromatic rings. The number of nitrogens with zero attached hydrogens (tertiary/aromatic N) is 2. The van der Waals surface area contributed by atoms with E-state index in [4.69, 9.17) is 0 Å². The second-order valence-electron chi connectivity index (χ2n) is 5.41. The highest BCUT2D eigenvalue weighted by molar-refractivity contribution is 14.0. The van der Waals surface area contributed by atoms with Crippen LogP contribution in [0, 0.1) is 0 Å². The summed E-state index contributed by atoms with van der Waals surface area (Å²) in [4.78, 5) is 7.27. The lowest BCUT2D eigenvalue weighted by Crippen LogP contribution is -2.39. The van der Waals surface area contributed by atoms with Gasteiger partial charge in [0, 0.05) is 38.0 Å². The Hall–Kier alpha value is 0.310. The Morgan fingerprint density at radius 2 is 2.14 bits per heavy atom. The molecule has 1 heterocycles. The van der Waals surface area contributed by atoms with Gasteiger partial charge in [0.05, 0.1) is 0 Å². The Morgan fingerprint density at radius 3 is 2.81 bits per heavy atom. The third-order valence-corrected chi connectivity index (χ3v) is 4.37. The minimum atomic E-state index is 0. The highest BCUT2D eigenvalue weighted by Crippen LogP contribution is 2.16. The van der Waals surface area contributed by atoms with E-state index in [1.54, 1.807) is 0 Å². The van der Waals surface area contributed by atoms with Crippen LogP contribution in [-0.4, -0.2) is 61.6 Å². The fourth-order valence-corrected chi connectivity index (χ4v) is 2.87. The summed E-state index contributed by atoms with van der Waals surface area (Å²) in [5, 5.41) is 6.68. The number of piperidine rings is 1. The van der Waals surface area contributed by atoms with Gasteiger partial charge in [0.25, 0.3) is 0 Å². The number of aliphatic imine (C=N–C) groups is 1. The van der Waals surface area contributed by atoms with E-state index in [2.05, 4.69) is 40.6 Å². The Bertz CT molecular complexity index is 276. The summed E-state index contributed by atoms with van der Waals surface area (Å²) in [5.41, 5.74) is 0. The average Bonchev–Trinajstić information content (AvgIpc) is 2.45. The van der Waals surface area contributed by atoms with Gasteiger partial charge in [-0.05, 0) is 45.9 Å². The third-order valence-electron chi connectivity index (χ3n) is 3.76. The maximum Gasteiger partial charge on any atom is 0.191 e. The normalized spacial score (nSPS) is 20.0. The quantitative estimate of drug-likeness (QED) is 0.270. The molecule has 1 aliphatic heterocycles. The monoisotopic (exact) mass is 428 g/mol. The number of guanidine groups is 1. The predicted molar refractivity (Wildman–Crippen MR) is 107 cm³/mol. The van der Waals surface area contributed by atoms with Gasteiger partial charge in [0.15, 0.2) is 5.96 Å². The molecule has 126 valence electrons. The molecular weight excluding hydrogens is 395 g/mol. The molecule has 1 atom stereocenters. The van der Waals surface area contributed by atoms with E-state index in [9.17, 15) is 0 Å². The highest BCUT2D eigenvalue weighted by atomic mass is 127. The van der Waals surface area contributed by atoms with Crippen molar-refractivity contribution in [2.24, 2.45) is 4.99 Å². The molecule has 0 amide bonds. The summed E-state index contributed by atoms with van der Waals surface area (Å²) >= 11 is 1.86. The number of nitrogens with one attached hydrogen (secondary N) is 2. The molecule has 2 N–H and O–H groups in total. The van der Waals surface area contributed by atoms with E-state index in [1.165, 1.54) is 32.4 Å². The number of rotatable bonds is 8. The lowest BCUT2D eigenvalue weighted by Gasteiger charge is -2.33. The minimum absolute atomic E-state index is 0.